The monoisotopic (exact) mass is 293 g/mol. The highest BCUT2D eigenvalue weighted by molar-refractivity contribution is 6.00. The molecule has 1 aromatic rings. The van der Waals surface area contributed by atoms with E-state index in [2.05, 4.69) is 27.6 Å². The number of nitrogens with two attached hydrogens (primary N) is 1. The maximum atomic E-state index is 12.4. The van der Waals surface area contributed by atoms with Crippen molar-refractivity contribution in [1.82, 2.24) is 15.5 Å². The van der Waals surface area contributed by atoms with Crippen molar-refractivity contribution in [2.24, 2.45) is 16.8 Å². The SMILES string of the molecule is CCC1CCC(NC(=O)c2cn[nH]c2C)(C(N)=NO)CC1. The van der Waals surface area contributed by atoms with Crippen molar-refractivity contribution in [2.75, 3.05) is 0 Å². The largest absolute Gasteiger partial charge is 0.409 e. The van der Waals surface area contributed by atoms with E-state index in [1.807, 2.05) is 0 Å². The number of hydrogen-bond acceptors (Lipinski definition) is 4. The van der Waals surface area contributed by atoms with E-state index in [0.717, 1.165) is 19.3 Å². The minimum absolute atomic E-state index is 0.0755. The van der Waals surface area contributed by atoms with E-state index >= 15 is 0 Å². The summed E-state index contributed by atoms with van der Waals surface area (Å²) in [4.78, 5) is 12.4. The number of aryl methyl sites for hydroxylation is 1. The van der Waals surface area contributed by atoms with Crippen molar-refractivity contribution >= 4 is 11.7 Å². The van der Waals surface area contributed by atoms with E-state index in [0.29, 0.717) is 30.0 Å². The Balaban J connectivity index is 2.18. The molecule has 1 aliphatic rings. The maximum absolute atomic E-state index is 12.4. The highest BCUT2D eigenvalue weighted by Crippen LogP contribution is 2.34. The normalized spacial score (nSPS) is 26.6. The van der Waals surface area contributed by atoms with Crippen molar-refractivity contribution in [3.8, 4) is 0 Å². The summed E-state index contributed by atoms with van der Waals surface area (Å²) in [6.07, 6.45) is 5.88. The second-order valence-electron chi connectivity index (χ2n) is 5.78. The van der Waals surface area contributed by atoms with E-state index < -0.39 is 5.54 Å². The first-order valence-electron chi connectivity index (χ1n) is 7.33. The van der Waals surface area contributed by atoms with E-state index in [-0.39, 0.29) is 11.7 Å². The topological polar surface area (TPSA) is 116 Å². The second-order valence-corrected chi connectivity index (χ2v) is 5.78. The number of carbonyl (C=O) groups is 1. The van der Waals surface area contributed by atoms with Crippen molar-refractivity contribution in [3.63, 3.8) is 0 Å². The predicted molar refractivity (Wildman–Crippen MR) is 79.2 cm³/mol. The summed E-state index contributed by atoms with van der Waals surface area (Å²) in [5.41, 5.74) is 6.29. The molecule has 0 atom stereocenters. The molecule has 0 aliphatic heterocycles. The van der Waals surface area contributed by atoms with Gasteiger partial charge in [0.15, 0.2) is 5.84 Å². The Bertz CT molecular complexity index is 529. The number of H-pyrrole nitrogens is 1. The molecule has 1 amide bonds. The second kappa shape index (κ2) is 6.15. The molecule has 1 heterocycles. The molecule has 0 bridgehead atoms. The van der Waals surface area contributed by atoms with Crippen LogP contribution in [0.25, 0.3) is 0 Å². The van der Waals surface area contributed by atoms with Gasteiger partial charge in [0.25, 0.3) is 5.91 Å². The van der Waals surface area contributed by atoms with E-state index in [9.17, 15) is 4.79 Å². The summed E-state index contributed by atoms with van der Waals surface area (Å²) < 4.78 is 0. The minimum Gasteiger partial charge on any atom is -0.409 e. The highest BCUT2D eigenvalue weighted by Gasteiger charge is 2.40. The Morgan fingerprint density at radius 2 is 2.29 bits per heavy atom. The van der Waals surface area contributed by atoms with Gasteiger partial charge in [-0.1, -0.05) is 18.5 Å². The lowest BCUT2D eigenvalue weighted by Crippen LogP contribution is -2.59. The Kier molecular flexibility index (Phi) is 4.50. The molecule has 1 fully saturated rings. The van der Waals surface area contributed by atoms with Crippen LogP contribution in [-0.2, 0) is 0 Å². The number of amides is 1. The van der Waals surface area contributed by atoms with Crippen LogP contribution in [-0.4, -0.2) is 32.7 Å². The van der Waals surface area contributed by atoms with E-state index in [1.54, 1.807) is 6.92 Å². The lowest BCUT2D eigenvalue weighted by Gasteiger charge is -2.39. The zero-order valence-electron chi connectivity index (χ0n) is 12.5. The summed E-state index contributed by atoms with van der Waals surface area (Å²) in [5.74, 6) is 0.464. The van der Waals surface area contributed by atoms with Gasteiger partial charge in [0, 0.05) is 5.69 Å². The van der Waals surface area contributed by atoms with Crippen molar-refractivity contribution in [1.29, 1.82) is 0 Å². The molecule has 1 aromatic heterocycles. The van der Waals surface area contributed by atoms with Crippen LogP contribution in [0, 0.1) is 12.8 Å². The Morgan fingerprint density at radius 3 is 2.76 bits per heavy atom. The van der Waals surface area contributed by atoms with Gasteiger partial charge in [-0.25, -0.2) is 0 Å². The number of rotatable bonds is 4. The van der Waals surface area contributed by atoms with Crippen LogP contribution in [0.4, 0.5) is 0 Å². The van der Waals surface area contributed by atoms with Gasteiger partial charge < -0.3 is 16.3 Å². The zero-order valence-corrected chi connectivity index (χ0v) is 12.5. The van der Waals surface area contributed by atoms with Crippen LogP contribution in [0.1, 0.15) is 55.1 Å². The van der Waals surface area contributed by atoms with Gasteiger partial charge in [-0.2, -0.15) is 5.10 Å². The number of carbonyl (C=O) groups excluding carboxylic acids is 1. The predicted octanol–water partition coefficient (Wildman–Crippen LogP) is 1.53. The molecule has 0 saturated heterocycles. The van der Waals surface area contributed by atoms with Gasteiger partial charge in [0.05, 0.1) is 11.8 Å². The maximum Gasteiger partial charge on any atom is 0.255 e. The number of aromatic nitrogens is 2. The Morgan fingerprint density at radius 1 is 1.62 bits per heavy atom. The quantitative estimate of drug-likeness (QED) is 0.291. The minimum atomic E-state index is -0.763. The van der Waals surface area contributed by atoms with Crippen molar-refractivity contribution < 1.29 is 10.0 Å². The molecule has 0 radical (unpaired) electrons. The average Bonchev–Trinajstić information content (AvgIpc) is 2.93. The van der Waals surface area contributed by atoms with E-state index in [4.69, 9.17) is 10.9 Å². The third-order valence-electron chi connectivity index (χ3n) is 4.56. The van der Waals surface area contributed by atoms with Gasteiger partial charge in [0.2, 0.25) is 0 Å². The summed E-state index contributed by atoms with van der Waals surface area (Å²) in [5, 5.41) is 21.8. The average molecular weight is 293 g/mol. The van der Waals surface area contributed by atoms with E-state index in [1.165, 1.54) is 6.20 Å². The first-order chi connectivity index (χ1) is 10.0. The molecular weight excluding hydrogens is 270 g/mol. The molecule has 1 aliphatic carbocycles. The summed E-state index contributed by atoms with van der Waals surface area (Å²) >= 11 is 0. The number of nitrogens with one attached hydrogen (secondary N) is 2. The van der Waals surface area contributed by atoms with Gasteiger partial charge >= 0.3 is 0 Å². The molecular formula is C14H23N5O2. The Hall–Kier alpha value is -2.05. The summed E-state index contributed by atoms with van der Waals surface area (Å²) in [7, 11) is 0. The number of oxime groups is 1. The third kappa shape index (κ3) is 3.01. The van der Waals surface area contributed by atoms with Gasteiger partial charge in [-0.3, -0.25) is 9.89 Å². The first kappa shape index (κ1) is 15.3. The third-order valence-corrected chi connectivity index (χ3v) is 4.56. The lowest BCUT2D eigenvalue weighted by atomic mass is 9.74. The van der Waals surface area contributed by atoms with Crippen LogP contribution < -0.4 is 11.1 Å². The van der Waals surface area contributed by atoms with Crippen LogP contribution >= 0.6 is 0 Å². The number of aromatic amines is 1. The Labute approximate surface area is 124 Å². The molecule has 0 aromatic carbocycles. The number of hydrogen-bond donors (Lipinski definition) is 4. The molecule has 2 rings (SSSR count). The number of nitrogens with zero attached hydrogens (tertiary/aromatic N) is 2. The molecule has 5 N–H and O–H groups in total. The molecule has 1 saturated carbocycles. The van der Waals surface area contributed by atoms with Crippen LogP contribution in [0.5, 0.6) is 0 Å². The standard InChI is InChI=1S/C14H23N5O2/c1-3-10-4-6-14(7-5-10,13(15)19-21)17-12(20)11-8-16-18-9(11)2/h8,10,21H,3-7H2,1-2H3,(H2,15,19)(H,16,18)(H,17,20). The zero-order chi connectivity index (χ0) is 15.5. The smallest absolute Gasteiger partial charge is 0.255 e. The van der Waals surface area contributed by atoms with Crippen molar-refractivity contribution in [3.05, 3.63) is 17.5 Å². The fourth-order valence-corrected chi connectivity index (χ4v) is 2.98. The van der Waals surface area contributed by atoms with Crippen LogP contribution in [0.3, 0.4) is 0 Å². The van der Waals surface area contributed by atoms with Gasteiger partial charge in [-0.05, 0) is 38.5 Å². The van der Waals surface area contributed by atoms with Crippen LogP contribution in [0.15, 0.2) is 11.4 Å². The highest BCUT2D eigenvalue weighted by atomic mass is 16.4. The molecule has 7 heteroatoms. The van der Waals surface area contributed by atoms with Crippen LogP contribution in [0.2, 0.25) is 0 Å². The molecule has 116 valence electrons. The fraction of sp³-hybridized carbons (Fsp3) is 0.643. The number of amidine groups is 1. The van der Waals surface area contributed by atoms with Gasteiger partial charge in [0.1, 0.15) is 5.54 Å². The molecule has 0 spiro atoms. The summed E-state index contributed by atoms with van der Waals surface area (Å²) in [6.45, 7) is 3.95. The van der Waals surface area contributed by atoms with Gasteiger partial charge in [-0.15, -0.1) is 0 Å². The fourth-order valence-electron chi connectivity index (χ4n) is 2.98. The lowest BCUT2D eigenvalue weighted by molar-refractivity contribution is 0.0894. The molecule has 7 nitrogen and oxygen atoms in total. The molecule has 0 unspecified atom stereocenters. The summed E-state index contributed by atoms with van der Waals surface area (Å²) in [6, 6.07) is 0. The molecule has 21 heavy (non-hydrogen) atoms. The van der Waals surface area contributed by atoms with Crippen molar-refractivity contribution in [2.45, 2.75) is 51.5 Å². The first-order valence-corrected chi connectivity index (χ1v) is 7.33.